The number of aliphatic hydroxyl groups excluding tert-OH is 1. The van der Waals surface area contributed by atoms with Gasteiger partial charge in [-0.1, -0.05) is 18.2 Å². The first-order valence-corrected chi connectivity index (χ1v) is 19.8. The number of pyridine rings is 2. The average Bonchev–Trinajstić information content (AvgIpc) is 3.26. The van der Waals surface area contributed by atoms with Gasteiger partial charge in [0.25, 0.3) is 0 Å². The number of ether oxygens (including phenoxy) is 2. The number of hydrogen-bond donors (Lipinski definition) is 6. The van der Waals surface area contributed by atoms with Crippen molar-refractivity contribution in [2.45, 2.75) is 88.9 Å². The van der Waals surface area contributed by atoms with Gasteiger partial charge >= 0.3 is 5.97 Å². The molecule has 5 heterocycles. The van der Waals surface area contributed by atoms with E-state index in [1.165, 1.54) is 6.07 Å². The molecule has 5 aromatic rings. The summed E-state index contributed by atoms with van der Waals surface area (Å²) in [4.78, 5) is 37.2. The molecule has 5 unspecified atom stereocenters. The number of carbonyl (C=O) groups is 1. The number of allylic oxidation sites excluding steroid dienone is 1. The number of nitrogens with zero attached hydrogens (tertiary/aromatic N) is 2. The lowest BCUT2D eigenvalue weighted by Gasteiger charge is -2.49. The number of aromatic nitrogens is 2. The second kappa shape index (κ2) is 15.4. The molecule has 0 amide bonds. The number of anilines is 2. The van der Waals surface area contributed by atoms with Gasteiger partial charge in [0.05, 0.1) is 0 Å². The van der Waals surface area contributed by atoms with E-state index in [1.807, 2.05) is 32.2 Å². The topological polar surface area (TPSA) is 216 Å². The monoisotopic (exact) mass is 787 g/mol. The van der Waals surface area contributed by atoms with E-state index in [0.717, 1.165) is 27.8 Å². The van der Waals surface area contributed by atoms with Gasteiger partial charge in [0, 0.05) is 59.0 Å². The van der Waals surface area contributed by atoms with Crippen LogP contribution in [0.3, 0.4) is 0 Å². The van der Waals surface area contributed by atoms with E-state index < -0.39 is 35.6 Å². The smallest absolute Gasteiger partial charge is 0.334 e. The number of nitrogen functional groups attached to an aromatic ring is 2. The molecule has 1 aliphatic carbocycles. The molecule has 3 aromatic heterocycles. The highest BCUT2D eigenvalue weighted by atomic mass is 16.6. The Labute approximate surface area is 335 Å². The summed E-state index contributed by atoms with van der Waals surface area (Å²) in [6.45, 7) is 3.74. The molecule has 0 saturated carbocycles. The molecule has 3 aliphatic rings. The molecule has 4 bridgehead atoms. The standard InChI is InChI=1S/C45H49N5O8/c1-4-24(11-13-48-3)44(55)57-35-20-33-40(54)39-34(53)19-30(22-51)56-42(39)38-32-18-27-17-29(52)9-8-25(27)6-7-26(37-31(32)12-14-49-43(37)47)16-28(45(35,2)58-41(33)38)15-23-5-10-36(46)50-21-23/h4-5,8-10,12,14,17,19,21,26,28,32,35,48,51-52,54H,6-7,11,13,15-16,18,20,22H2,1-3H3,(H2,46,50)(H2,47,49). The van der Waals surface area contributed by atoms with Crippen LogP contribution in [0.5, 0.6) is 17.2 Å². The molecule has 0 radical (unpaired) electrons. The third kappa shape index (κ3) is 6.81. The molecule has 0 saturated heterocycles. The molecule has 13 nitrogen and oxygen atoms in total. The lowest BCUT2D eigenvalue weighted by molar-refractivity contribution is -0.165. The molecule has 0 spiro atoms. The normalized spacial score (nSPS) is 22.5. The van der Waals surface area contributed by atoms with E-state index in [-0.39, 0.29) is 46.5 Å². The van der Waals surface area contributed by atoms with Crippen LogP contribution in [0.2, 0.25) is 0 Å². The zero-order valence-corrected chi connectivity index (χ0v) is 32.9. The van der Waals surface area contributed by atoms with Crippen LogP contribution in [0.25, 0.3) is 11.0 Å². The van der Waals surface area contributed by atoms with Crippen LogP contribution in [0.15, 0.2) is 75.7 Å². The molecular formula is C45H49N5O8. The van der Waals surface area contributed by atoms with Crippen molar-refractivity contribution in [2.75, 3.05) is 25.1 Å². The highest BCUT2D eigenvalue weighted by Crippen LogP contribution is 2.56. The number of hydrogen-bond acceptors (Lipinski definition) is 13. The molecule has 2 aliphatic heterocycles. The number of nitrogens with two attached hydrogens (primary N) is 2. The van der Waals surface area contributed by atoms with Gasteiger partial charge in [-0.2, -0.15) is 0 Å². The minimum absolute atomic E-state index is 0.0122. The number of nitrogens with one attached hydrogen (secondary N) is 1. The Morgan fingerprint density at radius 1 is 1.09 bits per heavy atom. The summed E-state index contributed by atoms with van der Waals surface area (Å²) in [5.41, 5.74) is 17.0. The fourth-order valence-electron chi connectivity index (χ4n) is 9.49. The third-order valence-electron chi connectivity index (χ3n) is 12.6. The van der Waals surface area contributed by atoms with Crippen LogP contribution in [0, 0.1) is 5.92 Å². The third-order valence-corrected chi connectivity index (χ3v) is 12.6. The first-order valence-electron chi connectivity index (χ1n) is 19.8. The van der Waals surface area contributed by atoms with Crippen molar-refractivity contribution in [3.63, 3.8) is 0 Å². The Bertz CT molecular complexity index is 2500. The minimum atomic E-state index is -1.24. The molecule has 302 valence electrons. The van der Waals surface area contributed by atoms with Crippen LogP contribution in [0.1, 0.15) is 89.7 Å². The van der Waals surface area contributed by atoms with E-state index >= 15 is 0 Å². The van der Waals surface area contributed by atoms with Gasteiger partial charge in [-0.3, -0.25) is 4.79 Å². The summed E-state index contributed by atoms with van der Waals surface area (Å²) in [5, 5.41) is 36.3. The molecule has 13 heteroatoms. The summed E-state index contributed by atoms with van der Waals surface area (Å²) in [5.74, 6) is -0.852. The first kappa shape index (κ1) is 38.9. The summed E-state index contributed by atoms with van der Waals surface area (Å²) < 4.78 is 20.3. The minimum Gasteiger partial charge on any atom is -0.508 e. The van der Waals surface area contributed by atoms with Gasteiger partial charge in [0.15, 0.2) is 5.43 Å². The van der Waals surface area contributed by atoms with E-state index in [1.54, 1.807) is 43.6 Å². The van der Waals surface area contributed by atoms with Crippen molar-refractivity contribution < 1.29 is 34.0 Å². The van der Waals surface area contributed by atoms with Crippen LogP contribution in [-0.4, -0.2) is 56.6 Å². The SMILES string of the molecule is CC=C(CCNC)C(=O)OC1Cc2c3c(c4oc(CO)cc(=O)c4c2O)C2Cc4cc(O)ccc4CCC(CC(Cc4ccc(N)nc4)C1(C)O3)c1c2ccnc1N. The predicted octanol–water partition coefficient (Wildman–Crippen LogP) is 5.48. The van der Waals surface area contributed by atoms with Gasteiger partial charge in [0.2, 0.25) is 0 Å². The highest BCUT2D eigenvalue weighted by Gasteiger charge is 2.53. The van der Waals surface area contributed by atoms with Crippen molar-refractivity contribution in [1.29, 1.82) is 0 Å². The maximum atomic E-state index is 14.1. The van der Waals surface area contributed by atoms with Gasteiger partial charge in [0.1, 0.15) is 63.9 Å². The first-order chi connectivity index (χ1) is 27.9. The Morgan fingerprint density at radius 2 is 1.91 bits per heavy atom. The summed E-state index contributed by atoms with van der Waals surface area (Å²) >= 11 is 0. The van der Waals surface area contributed by atoms with Crippen molar-refractivity contribution in [3.8, 4) is 17.2 Å². The number of rotatable bonds is 8. The van der Waals surface area contributed by atoms with Crippen LogP contribution in [-0.2, 0) is 41.8 Å². The van der Waals surface area contributed by atoms with Crippen molar-refractivity contribution in [2.24, 2.45) is 5.92 Å². The van der Waals surface area contributed by atoms with Crippen molar-refractivity contribution in [1.82, 2.24) is 15.3 Å². The number of phenolic OH excluding ortho intramolecular Hbond substituents is 2. The Hall–Kier alpha value is -5.92. The van der Waals surface area contributed by atoms with Crippen LogP contribution >= 0.6 is 0 Å². The van der Waals surface area contributed by atoms with Gasteiger partial charge in [-0.05, 0) is 118 Å². The largest absolute Gasteiger partial charge is 0.508 e. The van der Waals surface area contributed by atoms with Crippen molar-refractivity contribution in [3.05, 3.63) is 121 Å². The molecular weight excluding hydrogens is 739 g/mol. The van der Waals surface area contributed by atoms with E-state index in [4.69, 9.17) is 25.4 Å². The second-order valence-corrected chi connectivity index (χ2v) is 15.9. The average molecular weight is 788 g/mol. The predicted molar refractivity (Wildman–Crippen MR) is 219 cm³/mol. The highest BCUT2D eigenvalue weighted by molar-refractivity contribution is 5.92. The number of aryl methyl sites for hydroxylation is 1. The number of aliphatic hydroxyl groups is 1. The van der Waals surface area contributed by atoms with Crippen molar-refractivity contribution >= 4 is 28.6 Å². The summed E-state index contributed by atoms with van der Waals surface area (Å²) in [6, 6.07) is 12.2. The Kier molecular flexibility index (Phi) is 10.4. The molecule has 8 rings (SSSR count). The molecule has 58 heavy (non-hydrogen) atoms. The molecule has 0 fully saturated rings. The van der Waals surface area contributed by atoms with E-state index in [2.05, 4.69) is 15.3 Å². The summed E-state index contributed by atoms with van der Waals surface area (Å²) in [7, 11) is 1.81. The lowest BCUT2D eigenvalue weighted by atomic mass is 9.68. The Balaban J connectivity index is 1.47. The zero-order valence-electron chi connectivity index (χ0n) is 32.9. The number of phenols is 2. The maximum Gasteiger partial charge on any atom is 0.334 e. The van der Waals surface area contributed by atoms with E-state index in [9.17, 15) is 24.9 Å². The Morgan fingerprint density at radius 3 is 2.66 bits per heavy atom. The quantitative estimate of drug-likeness (QED) is 0.0850. The van der Waals surface area contributed by atoms with Crippen LogP contribution < -0.4 is 26.9 Å². The lowest BCUT2D eigenvalue weighted by Crippen LogP contribution is -2.57. The van der Waals surface area contributed by atoms with E-state index in [0.29, 0.717) is 79.2 Å². The molecule has 5 atom stereocenters. The molecule has 8 N–H and O–H groups in total. The number of aromatic hydroxyl groups is 2. The fraction of sp³-hybridized carbons (Fsp3) is 0.378. The van der Waals surface area contributed by atoms with Gasteiger partial charge < -0.3 is 46.0 Å². The second-order valence-electron chi connectivity index (χ2n) is 15.9. The zero-order chi connectivity index (χ0) is 40.9. The number of fused-ring (bicyclic) bond motifs is 5. The number of carbonyl (C=O) groups excluding carboxylic acids is 1. The fourth-order valence-corrected chi connectivity index (χ4v) is 9.49. The van der Waals surface area contributed by atoms with Gasteiger partial charge in [-0.15, -0.1) is 0 Å². The maximum absolute atomic E-state index is 14.1. The molecule has 2 aromatic carbocycles. The van der Waals surface area contributed by atoms with Gasteiger partial charge in [-0.25, -0.2) is 14.8 Å². The van der Waals surface area contributed by atoms with Crippen LogP contribution in [0.4, 0.5) is 11.6 Å². The number of esters is 1. The number of benzene rings is 2. The summed E-state index contributed by atoms with van der Waals surface area (Å²) in [6.07, 6.45) is 7.30.